The second kappa shape index (κ2) is 8.70. The van der Waals surface area contributed by atoms with Crippen LogP contribution in [0.5, 0.6) is 5.75 Å². The maximum atomic E-state index is 12.6. The molecule has 6 heteroatoms. The smallest absolute Gasteiger partial charge is 0.318 e. The Kier molecular flexibility index (Phi) is 6.63. The maximum absolute atomic E-state index is 12.6. The fraction of sp³-hybridized carbons (Fsp3) is 0.389. The van der Waals surface area contributed by atoms with Gasteiger partial charge in [0.1, 0.15) is 5.75 Å². The summed E-state index contributed by atoms with van der Waals surface area (Å²) in [6.45, 7) is 1.89. The van der Waals surface area contributed by atoms with Gasteiger partial charge in [0.15, 0.2) is 0 Å². The quantitative estimate of drug-likeness (QED) is 0.804. The molecule has 24 heavy (non-hydrogen) atoms. The third-order valence-electron chi connectivity index (χ3n) is 4.05. The predicted molar refractivity (Wildman–Crippen MR) is 96.5 cm³/mol. The van der Waals surface area contributed by atoms with Gasteiger partial charge in [-0.2, -0.15) is 0 Å². The van der Waals surface area contributed by atoms with Gasteiger partial charge in [0.25, 0.3) is 0 Å². The third-order valence-corrected chi connectivity index (χ3v) is 5.04. The Hall–Kier alpha value is -2.05. The standard InChI is InChI=1S/C18H24N2O3S/c1-4-15(17-6-5-11-24-17)19-18(22)20(2)16(12-21)13-7-9-14(23-3)10-8-13/h5-11,15-16,21H,4,12H2,1-3H3,(H,19,22). The maximum Gasteiger partial charge on any atom is 0.318 e. The highest BCUT2D eigenvalue weighted by Crippen LogP contribution is 2.25. The molecule has 2 aromatic rings. The first-order valence-electron chi connectivity index (χ1n) is 7.92. The minimum absolute atomic E-state index is 0.0184. The Bertz CT molecular complexity index is 628. The number of aliphatic hydroxyl groups excluding tert-OH is 1. The zero-order valence-electron chi connectivity index (χ0n) is 14.2. The van der Waals surface area contributed by atoms with Crippen molar-refractivity contribution in [3.05, 3.63) is 52.2 Å². The minimum atomic E-state index is -0.406. The van der Waals surface area contributed by atoms with E-state index in [0.717, 1.165) is 22.6 Å². The Labute approximate surface area is 146 Å². The van der Waals surface area contributed by atoms with Gasteiger partial charge >= 0.3 is 6.03 Å². The molecule has 1 aromatic carbocycles. The molecule has 130 valence electrons. The van der Waals surface area contributed by atoms with Crippen LogP contribution in [-0.4, -0.2) is 36.8 Å². The van der Waals surface area contributed by atoms with E-state index in [1.165, 1.54) is 4.90 Å². The fourth-order valence-electron chi connectivity index (χ4n) is 2.53. The van der Waals surface area contributed by atoms with Crippen LogP contribution < -0.4 is 10.1 Å². The topological polar surface area (TPSA) is 61.8 Å². The van der Waals surface area contributed by atoms with Crippen LogP contribution in [0.3, 0.4) is 0 Å². The van der Waals surface area contributed by atoms with Crippen molar-refractivity contribution >= 4 is 17.4 Å². The number of amides is 2. The van der Waals surface area contributed by atoms with Crippen LogP contribution in [0.2, 0.25) is 0 Å². The lowest BCUT2D eigenvalue weighted by Gasteiger charge is -2.29. The predicted octanol–water partition coefficient (Wildman–Crippen LogP) is 3.58. The van der Waals surface area contributed by atoms with Gasteiger partial charge in [0.05, 0.1) is 25.8 Å². The molecule has 1 aromatic heterocycles. The van der Waals surface area contributed by atoms with Crippen molar-refractivity contribution in [2.24, 2.45) is 0 Å². The summed E-state index contributed by atoms with van der Waals surface area (Å²) in [5.74, 6) is 0.742. The van der Waals surface area contributed by atoms with E-state index in [1.54, 1.807) is 25.5 Å². The first kappa shape index (κ1) is 18.3. The summed E-state index contributed by atoms with van der Waals surface area (Å²) in [5, 5.41) is 14.8. The molecule has 0 aliphatic heterocycles. The molecule has 1 heterocycles. The number of carbonyl (C=O) groups is 1. The molecule has 0 aliphatic carbocycles. The van der Waals surface area contributed by atoms with Gasteiger partial charge in [0, 0.05) is 11.9 Å². The van der Waals surface area contributed by atoms with Crippen LogP contribution in [0.25, 0.3) is 0 Å². The van der Waals surface area contributed by atoms with Gasteiger partial charge in [0.2, 0.25) is 0 Å². The van der Waals surface area contributed by atoms with Crippen LogP contribution >= 0.6 is 11.3 Å². The number of urea groups is 1. The van der Waals surface area contributed by atoms with E-state index in [1.807, 2.05) is 48.7 Å². The number of hydrogen-bond donors (Lipinski definition) is 2. The highest BCUT2D eigenvalue weighted by atomic mass is 32.1. The van der Waals surface area contributed by atoms with Crippen LogP contribution in [0, 0.1) is 0 Å². The summed E-state index contributed by atoms with van der Waals surface area (Å²) in [5.41, 5.74) is 0.861. The van der Waals surface area contributed by atoms with Crippen LogP contribution in [-0.2, 0) is 0 Å². The fourth-order valence-corrected chi connectivity index (χ4v) is 3.40. The van der Waals surface area contributed by atoms with Gasteiger partial charge in [-0.1, -0.05) is 25.1 Å². The Morgan fingerprint density at radius 1 is 1.33 bits per heavy atom. The Morgan fingerprint density at radius 2 is 2.04 bits per heavy atom. The van der Waals surface area contributed by atoms with E-state index >= 15 is 0 Å². The first-order valence-corrected chi connectivity index (χ1v) is 8.80. The Balaban J connectivity index is 2.08. The van der Waals surface area contributed by atoms with Crippen LogP contribution in [0.4, 0.5) is 4.79 Å². The molecular weight excluding hydrogens is 324 g/mol. The molecule has 0 saturated carbocycles. The number of nitrogens with one attached hydrogen (secondary N) is 1. The normalized spacial score (nSPS) is 13.2. The van der Waals surface area contributed by atoms with Gasteiger partial charge in [-0.15, -0.1) is 11.3 Å². The number of likely N-dealkylation sites (N-methyl/N-ethyl adjacent to an activating group) is 1. The van der Waals surface area contributed by atoms with Crippen molar-refractivity contribution in [2.75, 3.05) is 20.8 Å². The lowest BCUT2D eigenvalue weighted by atomic mass is 10.1. The summed E-state index contributed by atoms with van der Waals surface area (Å²) in [4.78, 5) is 15.3. The molecule has 0 fully saturated rings. The SMILES string of the molecule is CCC(NC(=O)N(C)C(CO)c1ccc(OC)cc1)c1cccs1. The zero-order valence-corrected chi connectivity index (χ0v) is 15.0. The zero-order chi connectivity index (χ0) is 17.5. The summed E-state index contributed by atoms with van der Waals surface area (Å²) in [6, 6.07) is 10.7. The van der Waals surface area contributed by atoms with E-state index in [2.05, 4.69) is 5.32 Å². The van der Waals surface area contributed by atoms with Gasteiger partial charge in [-0.25, -0.2) is 4.79 Å². The van der Waals surface area contributed by atoms with Crippen molar-refractivity contribution in [3.63, 3.8) is 0 Å². The average Bonchev–Trinajstić information content (AvgIpc) is 3.15. The van der Waals surface area contributed by atoms with E-state index in [-0.39, 0.29) is 18.7 Å². The molecule has 2 atom stereocenters. The molecule has 2 amide bonds. The number of thiophene rings is 1. The number of ether oxygens (including phenoxy) is 1. The van der Waals surface area contributed by atoms with E-state index in [9.17, 15) is 9.90 Å². The molecule has 0 spiro atoms. The van der Waals surface area contributed by atoms with Gasteiger partial charge < -0.3 is 20.1 Å². The average molecular weight is 348 g/mol. The first-order chi connectivity index (χ1) is 11.6. The number of benzene rings is 1. The molecule has 2 rings (SSSR count). The minimum Gasteiger partial charge on any atom is -0.497 e. The molecular formula is C18H24N2O3S. The summed E-state index contributed by atoms with van der Waals surface area (Å²) < 4.78 is 5.14. The molecule has 0 radical (unpaired) electrons. The van der Waals surface area contributed by atoms with Crippen LogP contribution in [0.1, 0.15) is 35.9 Å². The molecule has 5 nitrogen and oxygen atoms in total. The summed E-state index contributed by atoms with van der Waals surface area (Å²) in [6.07, 6.45) is 0.812. The number of hydrogen-bond acceptors (Lipinski definition) is 4. The molecule has 0 saturated heterocycles. The van der Waals surface area contributed by atoms with Crippen LogP contribution in [0.15, 0.2) is 41.8 Å². The molecule has 2 unspecified atom stereocenters. The van der Waals surface area contributed by atoms with E-state index in [4.69, 9.17) is 4.74 Å². The lowest BCUT2D eigenvalue weighted by Crippen LogP contribution is -2.42. The van der Waals surface area contributed by atoms with E-state index in [0.29, 0.717) is 0 Å². The largest absolute Gasteiger partial charge is 0.497 e. The van der Waals surface area contributed by atoms with Crippen molar-refractivity contribution in [2.45, 2.75) is 25.4 Å². The van der Waals surface area contributed by atoms with Gasteiger partial charge in [-0.05, 0) is 35.6 Å². The third kappa shape index (κ3) is 4.27. The number of nitrogens with zero attached hydrogens (tertiary/aromatic N) is 1. The number of rotatable bonds is 7. The lowest BCUT2D eigenvalue weighted by molar-refractivity contribution is 0.147. The number of methoxy groups -OCH3 is 1. The highest BCUT2D eigenvalue weighted by molar-refractivity contribution is 7.10. The van der Waals surface area contributed by atoms with Crippen molar-refractivity contribution in [3.8, 4) is 5.75 Å². The molecule has 0 bridgehead atoms. The van der Waals surface area contributed by atoms with Crippen molar-refractivity contribution < 1.29 is 14.6 Å². The molecule has 2 N–H and O–H groups in total. The second-order valence-electron chi connectivity index (χ2n) is 5.51. The van der Waals surface area contributed by atoms with Crippen molar-refractivity contribution in [1.82, 2.24) is 10.2 Å². The Morgan fingerprint density at radius 3 is 2.54 bits per heavy atom. The summed E-state index contributed by atoms with van der Waals surface area (Å²) in [7, 11) is 3.30. The van der Waals surface area contributed by atoms with Crippen molar-refractivity contribution in [1.29, 1.82) is 0 Å². The monoisotopic (exact) mass is 348 g/mol. The number of carbonyl (C=O) groups excluding carboxylic acids is 1. The highest BCUT2D eigenvalue weighted by Gasteiger charge is 2.23. The number of aliphatic hydroxyl groups is 1. The second-order valence-corrected chi connectivity index (χ2v) is 6.49. The van der Waals surface area contributed by atoms with Gasteiger partial charge in [-0.3, -0.25) is 0 Å². The van der Waals surface area contributed by atoms with E-state index < -0.39 is 6.04 Å². The molecule has 0 aliphatic rings. The summed E-state index contributed by atoms with van der Waals surface area (Å²) >= 11 is 1.63.